The molecule has 1 fully saturated rings. The largest absolute Gasteiger partial charge is 0.289 e. The van der Waals surface area contributed by atoms with Crippen LogP contribution in [0.15, 0.2) is 18.6 Å². The second-order valence-electron chi connectivity index (χ2n) is 3.24. The van der Waals surface area contributed by atoms with Gasteiger partial charge in [0, 0.05) is 6.20 Å². The summed E-state index contributed by atoms with van der Waals surface area (Å²) in [6, 6.07) is 5.14. The summed E-state index contributed by atoms with van der Waals surface area (Å²) in [6.07, 6.45) is 6.43. The van der Waals surface area contributed by atoms with Crippen LogP contribution in [0.25, 0.3) is 5.65 Å². The van der Waals surface area contributed by atoms with Gasteiger partial charge in [-0.05, 0) is 36.5 Å². The molecule has 3 rings (SSSR count). The highest BCUT2D eigenvalue weighted by molar-refractivity contribution is 5.38. The normalized spacial score (nSPS) is 17.0. The summed E-state index contributed by atoms with van der Waals surface area (Å²) in [4.78, 5) is 0. The number of aromatic nitrogens is 3. The van der Waals surface area contributed by atoms with Crippen molar-refractivity contribution in [1.29, 1.82) is 0 Å². The number of hydrogen-bond acceptors (Lipinski definition) is 2. The Hall–Kier alpha value is -1.38. The third-order valence-electron chi connectivity index (χ3n) is 2.26. The molecule has 12 heavy (non-hydrogen) atoms. The van der Waals surface area contributed by atoms with Crippen LogP contribution in [0.1, 0.15) is 24.3 Å². The van der Waals surface area contributed by atoms with Crippen LogP contribution >= 0.6 is 0 Å². The number of hydrogen-bond donors (Lipinski definition) is 0. The fraction of sp³-hybridized carbons (Fsp3) is 0.333. The van der Waals surface area contributed by atoms with Gasteiger partial charge in [0.1, 0.15) is 6.33 Å². The molecule has 59 valence electrons. The van der Waals surface area contributed by atoms with Crippen LogP contribution in [0.5, 0.6) is 0 Å². The van der Waals surface area contributed by atoms with Crippen molar-refractivity contribution >= 4 is 5.65 Å². The molecule has 0 saturated heterocycles. The molecule has 0 unspecified atom stereocenters. The highest BCUT2D eigenvalue weighted by Gasteiger charge is 2.23. The van der Waals surface area contributed by atoms with Gasteiger partial charge in [0.2, 0.25) is 0 Å². The van der Waals surface area contributed by atoms with Crippen LogP contribution in [0, 0.1) is 6.07 Å². The molecule has 0 spiro atoms. The van der Waals surface area contributed by atoms with E-state index in [9.17, 15) is 0 Å². The average molecular weight is 158 g/mol. The van der Waals surface area contributed by atoms with E-state index in [1.165, 1.54) is 18.4 Å². The molecule has 1 radical (unpaired) electrons. The average Bonchev–Trinajstić information content (AvgIpc) is 2.84. The third kappa shape index (κ3) is 0.826. The zero-order valence-corrected chi connectivity index (χ0v) is 6.57. The van der Waals surface area contributed by atoms with Gasteiger partial charge in [-0.2, -0.15) is 0 Å². The Morgan fingerprint density at radius 2 is 2.42 bits per heavy atom. The van der Waals surface area contributed by atoms with Gasteiger partial charge in [0.05, 0.1) is 0 Å². The standard InChI is InChI=1S/C9H8N3/c1-2-7(1)8-3-4-9-11-10-6-12(9)5-8/h4-7H,1-2H2. The minimum atomic E-state index is 0.747. The molecular formula is C9H8N3. The van der Waals surface area contributed by atoms with E-state index in [2.05, 4.69) is 22.5 Å². The first-order valence-corrected chi connectivity index (χ1v) is 4.14. The van der Waals surface area contributed by atoms with E-state index in [0.717, 1.165) is 11.6 Å². The lowest BCUT2D eigenvalue weighted by Crippen LogP contribution is -1.87. The van der Waals surface area contributed by atoms with Crippen molar-refractivity contribution in [3.05, 3.63) is 30.2 Å². The summed E-state index contributed by atoms with van der Waals surface area (Å²) < 4.78 is 1.95. The van der Waals surface area contributed by atoms with E-state index in [4.69, 9.17) is 0 Å². The van der Waals surface area contributed by atoms with E-state index in [-0.39, 0.29) is 0 Å². The van der Waals surface area contributed by atoms with Crippen LogP contribution in [0.4, 0.5) is 0 Å². The number of rotatable bonds is 1. The van der Waals surface area contributed by atoms with E-state index in [0.29, 0.717) is 0 Å². The highest BCUT2D eigenvalue weighted by atomic mass is 15.2. The summed E-state index contributed by atoms with van der Waals surface area (Å²) >= 11 is 0. The maximum Gasteiger partial charge on any atom is 0.161 e. The Labute approximate surface area is 70.0 Å². The molecule has 2 aromatic heterocycles. The predicted octanol–water partition coefficient (Wildman–Crippen LogP) is 1.41. The van der Waals surface area contributed by atoms with E-state index < -0.39 is 0 Å². The highest BCUT2D eigenvalue weighted by Crippen LogP contribution is 2.39. The number of fused-ring (bicyclic) bond motifs is 1. The lowest BCUT2D eigenvalue weighted by molar-refractivity contribution is 1.05. The number of nitrogens with zero attached hydrogens (tertiary/aromatic N) is 3. The first kappa shape index (κ1) is 6.17. The molecule has 0 atom stereocenters. The topological polar surface area (TPSA) is 30.2 Å². The summed E-state index contributed by atoms with van der Waals surface area (Å²) in [5.41, 5.74) is 2.17. The summed E-state index contributed by atoms with van der Waals surface area (Å²) in [5.74, 6) is 0.747. The predicted molar refractivity (Wildman–Crippen MR) is 43.8 cm³/mol. The minimum absolute atomic E-state index is 0.747. The van der Waals surface area contributed by atoms with Gasteiger partial charge >= 0.3 is 0 Å². The van der Waals surface area contributed by atoms with Gasteiger partial charge < -0.3 is 0 Å². The molecule has 1 aliphatic carbocycles. The third-order valence-corrected chi connectivity index (χ3v) is 2.26. The maximum atomic E-state index is 3.92. The van der Waals surface area contributed by atoms with Crippen molar-refractivity contribution < 1.29 is 0 Å². The van der Waals surface area contributed by atoms with Gasteiger partial charge in [0.15, 0.2) is 5.65 Å². The monoisotopic (exact) mass is 158 g/mol. The first-order chi connectivity index (χ1) is 5.93. The van der Waals surface area contributed by atoms with Crippen LogP contribution in [0.3, 0.4) is 0 Å². The second-order valence-corrected chi connectivity index (χ2v) is 3.24. The smallest absolute Gasteiger partial charge is 0.161 e. The molecule has 0 bridgehead atoms. The molecular weight excluding hydrogens is 150 g/mol. The van der Waals surface area contributed by atoms with Crippen molar-refractivity contribution in [2.75, 3.05) is 0 Å². The minimum Gasteiger partial charge on any atom is -0.289 e. The van der Waals surface area contributed by atoms with Gasteiger partial charge in [-0.3, -0.25) is 4.40 Å². The SMILES string of the molecule is [c]1cc2nncn2cc1C1CC1. The van der Waals surface area contributed by atoms with Crippen molar-refractivity contribution in [2.45, 2.75) is 18.8 Å². The zero-order valence-electron chi connectivity index (χ0n) is 6.57. The van der Waals surface area contributed by atoms with Crippen LogP contribution in [0.2, 0.25) is 0 Å². The fourth-order valence-corrected chi connectivity index (χ4v) is 1.41. The van der Waals surface area contributed by atoms with Crippen LogP contribution in [-0.2, 0) is 0 Å². The van der Waals surface area contributed by atoms with E-state index >= 15 is 0 Å². The maximum absolute atomic E-state index is 3.92. The van der Waals surface area contributed by atoms with Crippen molar-refractivity contribution in [2.24, 2.45) is 0 Å². The van der Waals surface area contributed by atoms with Crippen LogP contribution < -0.4 is 0 Å². The van der Waals surface area contributed by atoms with Crippen LogP contribution in [-0.4, -0.2) is 14.6 Å². The van der Waals surface area contributed by atoms with Gasteiger partial charge in [0.25, 0.3) is 0 Å². The Kier molecular flexibility index (Phi) is 1.06. The molecule has 0 N–H and O–H groups in total. The molecule has 3 nitrogen and oxygen atoms in total. The number of pyridine rings is 1. The van der Waals surface area contributed by atoms with Crippen molar-refractivity contribution in [3.8, 4) is 0 Å². The zero-order chi connectivity index (χ0) is 7.97. The van der Waals surface area contributed by atoms with Gasteiger partial charge in [-0.15, -0.1) is 10.2 Å². The Morgan fingerprint density at radius 1 is 1.50 bits per heavy atom. The first-order valence-electron chi connectivity index (χ1n) is 4.14. The molecule has 0 amide bonds. The van der Waals surface area contributed by atoms with Crippen molar-refractivity contribution in [3.63, 3.8) is 0 Å². The van der Waals surface area contributed by atoms with Gasteiger partial charge in [-0.1, -0.05) is 0 Å². The second kappa shape index (κ2) is 2.06. The molecule has 1 aliphatic rings. The van der Waals surface area contributed by atoms with E-state index in [1.807, 2.05) is 10.5 Å². The Balaban J connectivity index is 2.21. The molecule has 2 aromatic rings. The molecule has 1 saturated carbocycles. The fourth-order valence-electron chi connectivity index (χ4n) is 1.41. The van der Waals surface area contributed by atoms with E-state index in [1.54, 1.807) is 6.33 Å². The van der Waals surface area contributed by atoms with Crippen molar-refractivity contribution in [1.82, 2.24) is 14.6 Å². The Morgan fingerprint density at radius 3 is 3.25 bits per heavy atom. The molecule has 0 aliphatic heterocycles. The summed E-state index contributed by atoms with van der Waals surface area (Å²) in [5, 5.41) is 7.74. The molecule has 3 heteroatoms. The lowest BCUT2D eigenvalue weighted by atomic mass is 10.2. The molecule has 2 heterocycles. The van der Waals surface area contributed by atoms with Gasteiger partial charge in [-0.25, -0.2) is 0 Å². The molecule has 0 aromatic carbocycles. The quantitative estimate of drug-likeness (QED) is 0.628. The lowest BCUT2D eigenvalue weighted by Gasteiger charge is -1.96. The Bertz CT molecular complexity index is 414. The summed E-state index contributed by atoms with van der Waals surface area (Å²) in [6.45, 7) is 0. The summed E-state index contributed by atoms with van der Waals surface area (Å²) in [7, 11) is 0.